The first-order valence-electron chi connectivity index (χ1n) is 7.49. The van der Waals surface area contributed by atoms with Crippen molar-refractivity contribution in [3.05, 3.63) is 0 Å². The molecule has 132 valence electrons. The van der Waals surface area contributed by atoms with Gasteiger partial charge >= 0.3 is 0 Å². The summed E-state index contributed by atoms with van der Waals surface area (Å²) in [7, 11) is 1.53. The lowest BCUT2D eigenvalue weighted by molar-refractivity contribution is -0.131. The highest BCUT2D eigenvalue weighted by Gasteiger charge is 2.32. The quantitative estimate of drug-likeness (QED) is 0.200. The van der Waals surface area contributed by atoms with Crippen molar-refractivity contribution >= 4 is 17.8 Å². The van der Waals surface area contributed by atoms with E-state index >= 15 is 0 Å². The van der Waals surface area contributed by atoms with Gasteiger partial charge < -0.3 is 36.8 Å². The van der Waals surface area contributed by atoms with Crippen molar-refractivity contribution in [3.8, 4) is 0 Å². The van der Waals surface area contributed by atoms with Gasteiger partial charge in [0.2, 0.25) is 11.8 Å². The van der Waals surface area contributed by atoms with Crippen LogP contribution < -0.4 is 21.7 Å². The van der Waals surface area contributed by atoms with E-state index in [4.69, 9.17) is 16.2 Å². The number of likely N-dealkylation sites (tertiary alicyclic amines) is 1. The molecule has 10 nitrogen and oxygen atoms in total. The highest BCUT2D eigenvalue weighted by Crippen LogP contribution is 2.15. The van der Waals surface area contributed by atoms with E-state index in [0.29, 0.717) is 19.4 Å². The predicted octanol–water partition coefficient (Wildman–Crippen LogP) is -3.14. The molecule has 0 radical (unpaired) electrons. The van der Waals surface area contributed by atoms with Gasteiger partial charge in [-0.1, -0.05) is 0 Å². The maximum atomic E-state index is 12.1. The Morgan fingerprint density at radius 3 is 2.61 bits per heavy atom. The molecule has 0 aromatic carbocycles. The van der Waals surface area contributed by atoms with Crippen molar-refractivity contribution in [1.29, 1.82) is 5.41 Å². The van der Waals surface area contributed by atoms with Crippen molar-refractivity contribution in [2.24, 2.45) is 5.73 Å². The van der Waals surface area contributed by atoms with Crippen molar-refractivity contribution in [1.82, 2.24) is 20.9 Å². The number of aliphatic hydroxyl groups is 2. The monoisotopic (exact) mass is 330 g/mol. The molecule has 1 fully saturated rings. The van der Waals surface area contributed by atoms with Gasteiger partial charge in [0.25, 0.3) is 0 Å². The number of guanidine groups is 1. The summed E-state index contributed by atoms with van der Waals surface area (Å²) >= 11 is 0. The van der Waals surface area contributed by atoms with Gasteiger partial charge in [-0.25, -0.2) is 0 Å². The third kappa shape index (κ3) is 5.05. The van der Waals surface area contributed by atoms with Crippen LogP contribution in [0.5, 0.6) is 0 Å². The normalized spacial score (nSPS) is 23.7. The van der Waals surface area contributed by atoms with E-state index in [0.717, 1.165) is 0 Å². The summed E-state index contributed by atoms with van der Waals surface area (Å²) in [4.78, 5) is 25.3. The Morgan fingerprint density at radius 2 is 2.09 bits per heavy atom. The van der Waals surface area contributed by atoms with Crippen LogP contribution in [-0.2, 0) is 9.59 Å². The smallest absolute Gasteiger partial charge is 0.242 e. The highest BCUT2D eigenvalue weighted by molar-refractivity contribution is 5.89. The topological polar surface area (TPSA) is 164 Å². The second-order valence-electron chi connectivity index (χ2n) is 5.50. The number of carbonyl (C=O) groups is 2. The standard InChI is InChI=1S/C13H26N6O4/c1-7(17-11(22)9(6-20)16-2)10(21)18-8-4-3-5-19(12(8)23)13(14)15/h7-9,12,16,20,23H,3-6H2,1-2H3,(H3,14,15)(H,17,22)(H,18,21). The molecule has 0 spiro atoms. The Hall–Kier alpha value is -1.91. The van der Waals surface area contributed by atoms with Crippen molar-refractivity contribution in [3.63, 3.8) is 0 Å². The second kappa shape index (κ2) is 8.65. The minimum Gasteiger partial charge on any atom is -0.394 e. The van der Waals surface area contributed by atoms with Gasteiger partial charge in [-0.15, -0.1) is 0 Å². The lowest BCUT2D eigenvalue weighted by Gasteiger charge is -2.38. The van der Waals surface area contributed by atoms with Crippen LogP contribution in [0.4, 0.5) is 0 Å². The zero-order valence-electron chi connectivity index (χ0n) is 13.4. The van der Waals surface area contributed by atoms with E-state index in [9.17, 15) is 14.7 Å². The van der Waals surface area contributed by atoms with Crippen molar-refractivity contribution < 1.29 is 19.8 Å². The molecule has 0 aromatic rings. The summed E-state index contributed by atoms with van der Waals surface area (Å²) in [6.07, 6.45) is 0.150. The summed E-state index contributed by atoms with van der Waals surface area (Å²) in [5.74, 6) is -1.20. The SMILES string of the molecule is CNC(CO)C(=O)NC(C)C(=O)NC1CCCN(C(=N)N)C1O. The Bertz CT molecular complexity index is 442. The van der Waals surface area contributed by atoms with E-state index in [2.05, 4.69) is 16.0 Å². The van der Waals surface area contributed by atoms with Crippen LogP contribution in [0.25, 0.3) is 0 Å². The zero-order valence-corrected chi connectivity index (χ0v) is 13.4. The molecule has 0 saturated carbocycles. The number of nitrogens with one attached hydrogen (secondary N) is 4. The fourth-order valence-corrected chi connectivity index (χ4v) is 2.38. The fraction of sp³-hybridized carbons (Fsp3) is 0.769. The van der Waals surface area contributed by atoms with Crippen molar-refractivity contribution in [2.45, 2.75) is 44.1 Å². The van der Waals surface area contributed by atoms with Gasteiger partial charge in [-0.2, -0.15) is 0 Å². The third-order valence-electron chi connectivity index (χ3n) is 3.83. The molecule has 1 heterocycles. The summed E-state index contributed by atoms with van der Waals surface area (Å²) in [5.41, 5.74) is 5.39. The Morgan fingerprint density at radius 1 is 1.43 bits per heavy atom. The average molecular weight is 330 g/mol. The molecule has 0 bridgehead atoms. The summed E-state index contributed by atoms with van der Waals surface area (Å²) < 4.78 is 0. The maximum absolute atomic E-state index is 12.1. The largest absolute Gasteiger partial charge is 0.394 e. The molecule has 2 amide bonds. The number of piperidine rings is 1. The van der Waals surface area contributed by atoms with E-state index < -0.39 is 36.2 Å². The van der Waals surface area contributed by atoms with Crippen LogP contribution in [0.2, 0.25) is 0 Å². The Balaban J connectivity index is 2.57. The first-order valence-corrected chi connectivity index (χ1v) is 7.49. The number of carbonyl (C=O) groups excluding carboxylic acids is 2. The number of nitrogens with two attached hydrogens (primary N) is 1. The van der Waals surface area contributed by atoms with Gasteiger partial charge in [0.15, 0.2) is 5.96 Å². The van der Waals surface area contributed by atoms with Crippen LogP contribution >= 0.6 is 0 Å². The lowest BCUT2D eigenvalue weighted by atomic mass is 10.0. The number of rotatable bonds is 6. The Labute approximate surface area is 134 Å². The first-order chi connectivity index (χ1) is 10.8. The summed E-state index contributed by atoms with van der Waals surface area (Å²) in [5, 5.41) is 34.3. The summed E-state index contributed by atoms with van der Waals surface area (Å²) in [6, 6.07) is -2.19. The second-order valence-corrected chi connectivity index (χ2v) is 5.50. The number of amides is 2. The molecule has 1 aliphatic rings. The summed E-state index contributed by atoms with van der Waals surface area (Å²) in [6.45, 7) is 1.58. The molecule has 1 saturated heterocycles. The molecule has 0 aliphatic carbocycles. The van der Waals surface area contributed by atoms with E-state index in [-0.39, 0.29) is 12.6 Å². The molecular formula is C13H26N6O4. The van der Waals surface area contributed by atoms with Gasteiger partial charge in [0.1, 0.15) is 18.3 Å². The maximum Gasteiger partial charge on any atom is 0.242 e. The molecule has 0 aromatic heterocycles. The number of aliphatic hydroxyl groups excluding tert-OH is 2. The van der Waals surface area contributed by atoms with Crippen LogP contribution in [-0.4, -0.2) is 77.4 Å². The molecule has 1 rings (SSSR count). The number of hydrogen-bond acceptors (Lipinski definition) is 6. The fourth-order valence-electron chi connectivity index (χ4n) is 2.38. The molecule has 4 unspecified atom stereocenters. The molecule has 23 heavy (non-hydrogen) atoms. The van der Waals surface area contributed by atoms with Gasteiger partial charge in [0.05, 0.1) is 12.6 Å². The van der Waals surface area contributed by atoms with E-state index in [1.165, 1.54) is 18.9 Å². The number of nitrogens with zero attached hydrogens (tertiary/aromatic N) is 1. The number of likely N-dealkylation sites (N-methyl/N-ethyl adjacent to an activating group) is 1. The van der Waals surface area contributed by atoms with Gasteiger partial charge in [0, 0.05) is 6.54 Å². The van der Waals surface area contributed by atoms with Crippen molar-refractivity contribution in [2.75, 3.05) is 20.2 Å². The van der Waals surface area contributed by atoms with Gasteiger partial charge in [-0.05, 0) is 26.8 Å². The Kier molecular flexibility index (Phi) is 7.20. The van der Waals surface area contributed by atoms with E-state index in [1.54, 1.807) is 0 Å². The van der Waals surface area contributed by atoms with Crippen LogP contribution in [0, 0.1) is 5.41 Å². The lowest BCUT2D eigenvalue weighted by Crippen LogP contribution is -2.61. The van der Waals surface area contributed by atoms with E-state index in [1.807, 2.05) is 0 Å². The zero-order chi connectivity index (χ0) is 17.6. The molecule has 1 aliphatic heterocycles. The van der Waals surface area contributed by atoms with Crippen LogP contribution in [0.3, 0.4) is 0 Å². The van der Waals surface area contributed by atoms with Crippen LogP contribution in [0.1, 0.15) is 19.8 Å². The van der Waals surface area contributed by atoms with Gasteiger partial charge in [-0.3, -0.25) is 15.0 Å². The van der Waals surface area contributed by atoms with Crippen LogP contribution in [0.15, 0.2) is 0 Å². The predicted molar refractivity (Wildman–Crippen MR) is 83.3 cm³/mol. The minimum absolute atomic E-state index is 0.252. The molecule has 10 heteroatoms. The molecule has 4 atom stereocenters. The first kappa shape index (κ1) is 19.1. The average Bonchev–Trinajstić information content (AvgIpc) is 2.50. The molecule has 8 N–H and O–H groups in total. The highest BCUT2D eigenvalue weighted by atomic mass is 16.3. The third-order valence-corrected chi connectivity index (χ3v) is 3.83. The molecular weight excluding hydrogens is 304 g/mol. The minimum atomic E-state index is -1.07. The number of hydrogen-bond donors (Lipinski definition) is 7.